The first kappa shape index (κ1) is 17.9. The second-order valence-corrected chi connectivity index (χ2v) is 5.59. The van der Waals surface area contributed by atoms with Gasteiger partial charge in [0.1, 0.15) is 5.82 Å². The maximum atomic E-state index is 13.1. The van der Waals surface area contributed by atoms with Gasteiger partial charge >= 0.3 is 0 Å². The lowest BCUT2D eigenvalue weighted by atomic mass is 9.93. The van der Waals surface area contributed by atoms with Crippen LogP contribution in [0.15, 0.2) is 18.2 Å². The van der Waals surface area contributed by atoms with Crippen LogP contribution in [0.3, 0.4) is 0 Å². The maximum absolute atomic E-state index is 13.1. The Bertz CT molecular complexity index is 473. The Kier molecular flexibility index (Phi) is 7.12. The van der Waals surface area contributed by atoms with Crippen LogP contribution in [0.4, 0.5) is 4.39 Å². The summed E-state index contributed by atoms with van der Waals surface area (Å²) in [7, 11) is 1.97. The normalized spacial score (nSPS) is 15.7. The zero-order chi connectivity index (χ0) is 14.5. The van der Waals surface area contributed by atoms with Gasteiger partial charge in [0.05, 0.1) is 0 Å². The minimum atomic E-state index is -0.287. The Labute approximate surface area is 132 Å². The summed E-state index contributed by atoms with van der Waals surface area (Å²) >= 11 is 0. The molecule has 2 rings (SSSR count). The predicted octanol–water partition coefficient (Wildman–Crippen LogP) is 3.02. The molecule has 21 heavy (non-hydrogen) atoms. The third-order valence-electron chi connectivity index (χ3n) is 4.12. The van der Waals surface area contributed by atoms with E-state index in [1.165, 1.54) is 18.6 Å². The van der Waals surface area contributed by atoms with Crippen molar-refractivity contribution < 1.29 is 9.18 Å². The van der Waals surface area contributed by atoms with E-state index in [0.29, 0.717) is 17.0 Å². The third kappa shape index (κ3) is 4.68. The van der Waals surface area contributed by atoms with E-state index in [2.05, 4.69) is 5.32 Å². The minimum absolute atomic E-state index is 0. The summed E-state index contributed by atoms with van der Waals surface area (Å²) in [6.07, 6.45) is 3.30. The highest BCUT2D eigenvalue weighted by molar-refractivity contribution is 5.95. The molecule has 1 amide bonds. The molecule has 0 aliphatic carbocycles. The molecule has 1 aromatic carbocycles. The topological polar surface area (TPSA) is 32.3 Å². The van der Waals surface area contributed by atoms with Crippen LogP contribution in [0.5, 0.6) is 0 Å². The Balaban J connectivity index is 0.00000220. The van der Waals surface area contributed by atoms with Gasteiger partial charge in [0.25, 0.3) is 5.91 Å². The van der Waals surface area contributed by atoms with Crippen molar-refractivity contribution in [3.63, 3.8) is 0 Å². The monoisotopic (exact) mass is 314 g/mol. The number of nitrogens with zero attached hydrogens (tertiary/aromatic N) is 1. The molecular weight excluding hydrogens is 291 g/mol. The van der Waals surface area contributed by atoms with Gasteiger partial charge < -0.3 is 10.2 Å². The number of hydrogen-bond acceptors (Lipinski definition) is 2. The van der Waals surface area contributed by atoms with Crippen molar-refractivity contribution in [2.24, 2.45) is 5.92 Å². The summed E-state index contributed by atoms with van der Waals surface area (Å²) < 4.78 is 13.1. The van der Waals surface area contributed by atoms with E-state index in [9.17, 15) is 9.18 Å². The molecule has 1 aliphatic rings. The maximum Gasteiger partial charge on any atom is 0.254 e. The first-order valence-electron chi connectivity index (χ1n) is 7.32. The third-order valence-corrected chi connectivity index (χ3v) is 4.12. The Morgan fingerprint density at radius 3 is 2.62 bits per heavy atom. The van der Waals surface area contributed by atoms with Crippen LogP contribution < -0.4 is 5.32 Å². The molecule has 0 aromatic heterocycles. The molecule has 0 spiro atoms. The largest absolute Gasteiger partial charge is 0.339 e. The van der Waals surface area contributed by atoms with Crippen LogP contribution in [0.2, 0.25) is 0 Å². The van der Waals surface area contributed by atoms with Crippen molar-refractivity contribution in [1.29, 1.82) is 0 Å². The van der Waals surface area contributed by atoms with Crippen LogP contribution in [0.1, 0.15) is 35.2 Å². The molecule has 1 saturated heterocycles. The van der Waals surface area contributed by atoms with Gasteiger partial charge in [0, 0.05) is 18.7 Å². The van der Waals surface area contributed by atoms with Crippen molar-refractivity contribution in [3.05, 3.63) is 35.1 Å². The fourth-order valence-electron chi connectivity index (χ4n) is 2.81. The SMILES string of the molecule is CNCCC1CCN(C(=O)c2ccc(F)cc2C)CC1.Cl. The number of aryl methyl sites for hydroxylation is 1. The van der Waals surface area contributed by atoms with Gasteiger partial charge in [-0.15, -0.1) is 12.4 Å². The molecule has 0 saturated carbocycles. The fourth-order valence-corrected chi connectivity index (χ4v) is 2.81. The van der Waals surface area contributed by atoms with Crippen molar-refractivity contribution >= 4 is 18.3 Å². The van der Waals surface area contributed by atoms with Crippen molar-refractivity contribution in [1.82, 2.24) is 10.2 Å². The molecule has 0 bridgehead atoms. The minimum Gasteiger partial charge on any atom is -0.339 e. The lowest BCUT2D eigenvalue weighted by molar-refractivity contribution is 0.0686. The van der Waals surface area contributed by atoms with Crippen LogP contribution in [-0.2, 0) is 0 Å². The van der Waals surface area contributed by atoms with Gasteiger partial charge in [-0.3, -0.25) is 4.79 Å². The van der Waals surface area contributed by atoms with E-state index in [4.69, 9.17) is 0 Å². The van der Waals surface area contributed by atoms with Gasteiger partial charge in [0.2, 0.25) is 0 Å². The van der Waals surface area contributed by atoms with Crippen molar-refractivity contribution in [3.8, 4) is 0 Å². The molecular formula is C16H24ClFN2O. The second-order valence-electron chi connectivity index (χ2n) is 5.59. The molecule has 5 heteroatoms. The summed E-state index contributed by atoms with van der Waals surface area (Å²) in [6.45, 7) is 4.44. The van der Waals surface area contributed by atoms with Crippen LogP contribution in [0, 0.1) is 18.7 Å². The molecule has 0 unspecified atom stereocenters. The number of benzene rings is 1. The molecule has 1 heterocycles. The summed E-state index contributed by atoms with van der Waals surface area (Å²) in [5.41, 5.74) is 1.34. The van der Waals surface area contributed by atoms with Gasteiger partial charge in [-0.05, 0) is 69.5 Å². The Morgan fingerprint density at radius 1 is 1.38 bits per heavy atom. The second kappa shape index (κ2) is 8.35. The van der Waals surface area contributed by atoms with Crippen LogP contribution in [-0.4, -0.2) is 37.5 Å². The standard InChI is InChI=1S/C16H23FN2O.ClH/c1-12-11-14(17)3-4-15(12)16(20)19-9-6-13(7-10-19)5-8-18-2;/h3-4,11,13,18H,5-10H2,1-2H3;1H. The summed E-state index contributed by atoms with van der Waals surface area (Å²) in [5, 5.41) is 3.17. The smallest absolute Gasteiger partial charge is 0.254 e. The zero-order valence-corrected chi connectivity index (χ0v) is 13.5. The number of rotatable bonds is 4. The molecule has 1 fully saturated rings. The number of piperidine rings is 1. The molecule has 1 aromatic rings. The summed E-state index contributed by atoms with van der Waals surface area (Å²) in [6, 6.07) is 4.38. The molecule has 1 aliphatic heterocycles. The quantitative estimate of drug-likeness (QED) is 0.926. The first-order chi connectivity index (χ1) is 9.61. The van der Waals surface area contributed by atoms with Crippen LogP contribution >= 0.6 is 12.4 Å². The number of nitrogens with one attached hydrogen (secondary N) is 1. The van der Waals surface area contributed by atoms with Gasteiger partial charge in [0.15, 0.2) is 0 Å². The van der Waals surface area contributed by atoms with Gasteiger partial charge in [-0.25, -0.2) is 4.39 Å². The number of carbonyl (C=O) groups is 1. The van der Waals surface area contributed by atoms with E-state index in [1.807, 2.05) is 11.9 Å². The van der Waals surface area contributed by atoms with E-state index >= 15 is 0 Å². The molecule has 3 nitrogen and oxygen atoms in total. The average molecular weight is 315 g/mol. The average Bonchev–Trinajstić information content (AvgIpc) is 2.45. The number of amides is 1. The lowest BCUT2D eigenvalue weighted by Crippen LogP contribution is -2.39. The Morgan fingerprint density at radius 2 is 2.05 bits per heavy atom. The number of halogens is 2. The highest BCUT2D eigenvalue weighted by atomic mass is 35.5. The Hall–Kier alpha value is -1.13. The fraction of sp³-hybridized carbons (Fsp3) is 0.562. The van der Waals surface area contributed by atoms with Crippen LogP contribution in [0.25, 0.3) is 0 Å². The van der Waals surface area contributed by atoms with E-state index in [1.54, 1.807) is 13.0 Å². The summed E-state index contributed by atoms with van der Waals surface area (Å²) in [4.78, 5) is 14.3. The first-order valence-corrected chi connectivity index (χ1v) is 7.32. The molecule has 1 N–H and O–H groups in total. The summed E-state index contributed by atoms with van der Waals surface area (Å²) in [5.74, 6) is 0.459. The molecule has 0 atom stereocenters. The van der Waals surface area contributed by atoms with Crippen molar-refractivity contribution in [2.75, 3.05) is 26.7 Å². The van der Waals surface area contributed by atoms with E-state index in [0.717, 1.165) is 32.5 Å². The number of carbonyl (C=O) groups excluding carboxylic acids is 1. The van der Waals surface area contributed by atoms with Gasteiger partial charge in [-0.1, -0.05) is 0 Å². The van der Waals surface area contributed by atoms with E-state index < -0.39 is 0 Å². The highest BCUT2D eigenvalue weighted by Gasteiger charge is 2.24. The lowest BCUT2D eigenvalue weighted by Gasteiger charge is -2.32. The zero-order valence-electron chi connectivity index (χ0n) is 12.7. The van der Waals surface area contributed by atoms with Gasteiger partial charge in [-0.2, -0.15) is 0 Å². The number of likely N-dealkylation sites (tertiary alicyclic amines) is 1. The van der Waals surface area contributed by atoms with E-state index in [-0.39, 0.29) is 24.1 Å². The predicted molar refractivity (Wildman–Crippen MR) is 85.6 cm³/mol. The van der Waals surface area contributed by atoms with Crippen molar-refractivity contribution in [2.45, 2.75) is 26.2 Å². The molecule has 0 radical (unpaired) electrons. The highest BCUT2D eigenvalue weighted by Crippen LogP contribution is 2.22. The number of hydrogen-bond donors (Lipinski definition) is 1. The molecule has 118 valence electrons.